The van der Waals surface area contributed by atoms with Gasteiger partial charge in [-0.3, -0.25) is 19.2 Å². The first-order valence-corrected chi connectivity index (χ1v) is 9.99. The van der Waals surface area contributed by atoms with E-state index in [0.29, 0.717) is 16.1 Å². The fourth-order valence-electron chi connectivity index (χ4n) is 2.56. The van der Waals surface area contributed by atoms with Gasteiger partial charge in [-0.15, -0.1) is 11.3 Å². The van der Waals surface area contributed by atoms with E-state index in [-0.39, 0.29) is 30.7 Å². The number of hydrogen-bond donors (Lipinski definition) is 2. The highest BCUT2D eigenvalue weighted by Gasteiger charge is 2.23. The third kappa shape index (κ3) is 6.83. The molecule has 2 rings (SSSR count). The van der Waals surface area contributed by atoms with E-state index in [2.05, 4.69) is 10.6 Å². The van der Waals surface area contributed by atoms with Gasteiger partial charge in [0.15, 0.2) is 5.78 Å². The first-order valence-electron chi connectivity index (χ1n) is 9.11. The summed E-state index contributed by atoms with van der Waals surface area (Å²) < 4.78 is 0. The number of thiophene rings is 1. The molecule has 29 heavy (non-hydrogen) atoms. The maximum atomic E-state index is 12.8. The first kappa shape index (κ1) is 22.3. The SMILES string of the molecule is CC(=O)c1cccc(N(CC(=O)NC(C)(C)C)C(=O)CNC(=O)c2cccs2)c1. The van der Waals surface area contributed by atoms with Crippen LogP contribution in [0.25, 0.3) is 0 Å². The molecule has 0 atom stereocenters. The lowest BCUT2D eigenvalue weighted by Gasteiger charge is -2.26. The van der Waals surface area contributed by atoms with Gasteiger partial charge in [0.25, 0.3) is 5.91 Å². The Bertz CT molecular complexity index is 901. The molecule has 0 spiro atoms. The van der Waals surface area contributed by atoms with E-state index in [1.165, 1.54) is 23.2 Å². The van der Waals surface area contributed by atoms with E-state index in [0.717, 1.165) is 0 Å². The van der Waals surface area contributed by atoms with Gasteiger partial charge in [0, 0.05) is 16.8 Å². The predicted molar refractivity (Wildman–Crippen MR) is 113 cm³/mol. The number of hydrogen-bond acceptors (Lipinski definition) is 5. The number of rotatable bonds is 7. The molecule has 1 heterocycles. The number of anilines is 1. The molecule has 3 amide bonds. The van der Waals surface area contributed by atoms with Crippen molar-refractivity contribution in [1.82, 2.24) is 10.6 Å². The van der Waals surface area contributed by atoms with E-state index in [1.54, 1.807) is 41.8 Å². The monoisotopic (exact) mass is 415 g/mol. The molecule has 1 aromatic heterocycles. The second-order valence-electron chi connectivity index (χ2n) is 7.54. The van der Waals surface area contributed by atoms with Crippen LogP contribution in [0.15, 0.2) is 41.8 Å². The lowest BCUT2D eigenvalue weighted by Crippen LogP contribution is -2.49. The Morgan fingerprint density at radius 1 is 1.07 bits per heavy atom. The van der Waals surface area contributed by atoms with Crippen LogP contribution in [0.5, 0.6) is 0 Å². The fraction of sp³-hybridized carbons (Fsp3) is 0.333. The third-order valence-corrected chi connectivity index (χ3v) is 4.70. The molecule has 0 saturated heterocycles. The van der Waals surface area contributed by atoms with Gasteiger partial charge in [-0.1, -0.05) is 18.2 Å². The zero-order valence-corrected chi connectivity index (χ0v) is 17.8. The van der Waals surface area contributed by atoms with Gasteiger partial charge < -0.3 is 15.5 Å². The Hall–Kier alpha value is -3.00. The summed E-state index contributed by atoms with van der Waals surface area (Å²) in [6.07, 6.45) is 0. The number of nitrogens with one attached hydrogen (secondary N) is 2. The number of ketones is 1. The van der Waals surface area contributed by atoms with Gasteiger partial charge in [-0.2, -0.15) is 0 Å². The molecular formula is C21H25N3O4S. The van der Waals surface area contributed by atoms with Crippen LogP contribution in [0.2, 0.25) is 0 Å². The molecule has 0 bridgehead atoms. The van der Waals surface area contributed by atoms with Crippen LogP contribution in [0.3, 0.4) is 0 Å². The number of carbonyl (C=O) groups is 4. The zero-order valence-electron chi connectivity index (χ0n) is 16.9. The Morgan fingerprint density at radius 2 is 1.79 bits per heavy atom. The molecule has 0 aliphatic heterocycles. The summed E-state index contributed by atoms with van der Waals surface area (Å²) in [6, 6.07) is 9.91. The van der Waals surface area contributed by atoms with Crippen molar-refractivity contribution < 1.29 is 19.2 Å². The van der Waals surface area contributed by atoms with Crippen molar-refractivity contribution in [2.45, 2.75) is 33.2 Å². The topological polar surface area (TPSA) is 95.6 Å². The van der Waals surface area contributed by atoms with Gasteiger partial charge in [-0.05, 0) is 51.3 Å². The molecule has 0 unspecified atom stereocenters. The van der Waals surface area contributed by atoms with Crippen LogP contribution in [-0.4, -0.2) is 42.1 Å². The fourth-order valence-corrected chi connectivity index (χ4v) is 3.20. The summed E-state index contributed by atoms with van der Waals surface area (Å²) in [5, 5.41) is 7.16. The van der Waals surface area contributed by atoms with E-state index in [9.17, 15) is 19.2 Å². The van der Waals surface area contributed by atoms with Crippen molar-refractivity contribution in [3.63, 3.8) is 0 Å². The summed E-state index contributed by atoms with van der Waals surface area (Å²) in [5.41, 5.74) is 0.386. The summed E-state index contributed by atoms with van der Waals surface area (Å²) in [6.45, 7) is 6.45. The van der Waals surface area contributed by atoms with Crippen molar-refractivity contribution in [3.05, 3.63) is 52.2 Å². The highest BCUT2D eigenvalue weighted by molar-refractivity contribution is 7.12. The van der Waals surface area contributed by atoms with E-state index in [1.807, 2.05) is 20.8 Å². The molecule has 2 N–H and O–H groups in total. The summed E-state index contributed by atoms with van der Waals surface area (Å²) in [4.78, 5) is 50.9. The molecule has 0 aliphatic carbocycles. The highest BCUT2D eigenvalue weighted by atomic mass is 32.1. The summed E-state index contributed by atoms with van der Waals surface area (Å²) >= 11 is 1.27. The van der Waals surface area contributed by atoms with Crippen LogP contribution >= 0.6 is 11.3 Å². The number of nitrogens with zero attached hydrogens (tertiary/aromatic N) is 1. The second-order valence-corrected chi connectivity index (χ2v) is 8.49. The number of amides is 3. The first-order chi connectivity index (χ1) is 13.6. The van der Waals surface area contributed by atoms with Crippen molar-refractivity contribution in [3.8, 4) is 0 Å². The molecule has 2 aromatic rings. The maximum Gasteiger partial charge on any atom is 0.261 e. The second kappa shape index (κ2) is 9.47. The largest absolute Gasteiger partial charge is 0.350 e. The third-order valence-electron chi connectivity index (χ3n) is 3.83. The predicted octanol–water partition coefficient (Wildman–Crippen LogP) is 2.63. The van der Waals surface area contributed by atoms with Crippen molar-refractivity contribution in [1.29, 1.82) is 0 Å². The standard InChI is InChI=1S/C21H25N3O4S/c1-14(25)15-7-5-8-16(11-15)24(13-18(26)23-21(2,3)4)19(27)12-22-20(28)17-9-6-10-29-17/h5-11H,12-13H2,1-4H3,(H,22,28)(H,23,26). The molecule has 0 saturated carbocycles. The molecule has 154 valence electrons. The van der Waals surface area contributed by atoms with Gasteiger partial charge in [0.1, 0.15) is 6.54 Å². The molecule has 7 nitrogen and oxygen atoms in total. The minimum Gasteiger partial charge on any atom is -0.350 e. The number of benzene rings is 1. The average molecular weight is 416 g/mol. The Labute approximate surface area is 174 Å². The Kier molecular flexibility index (Phi) is 7.28. The number of carbonyl (C=O) groups excluding carboxylic acids is 4. The van der Waals surface area contributed by atoms with Crippen molar-refractivity contribution in [2.24, 2.45) is 0 Å². The van der Waals surface area contributed by atoms with E-state index < -0.39 is 11.4 Å². The lowest BCUT2D eigenvalue weighted by molar-refractivity contribution is -0.124. The average Bonchev–Trinajstić information content (AvgIpc) is 3.17. The minimum atomic E-state index is -0.459. The summed E-state index contributed by atoms with van der Waals surface area (Å²) in [5.74, 6) is -1.31. The van der Waals surface area contributed by atoms with Crippen LogP contribution in [0, 0.1) is 0 Å². The molecule has 1 aromatic carbocycles. The Morgan fingerprint density at radius 3 is 2.38 bits per heavy atom. The number of Topliss-reactive ketones (excluding diaryl/α,β-unsaturated/α-hetero) is 1. The van der Waals surface area contributed by atoms with Crippen LogP contribution in [0.1, 0.15) is 47.7 Å². The van der Waals surface area contributed by atoms with Crippen LogP contribution in [0.4, 0.5) is 5.69 Å². The molecule has 0 fully saturated rings. The van der Waals surface area contributed by atoms with Gasteiger partial charge in [0.05, 0.1) is 11.4 Å². The zero-order chi connectivity index (χ0) is 21.6. The van der Waals surface area contributed by atoms with Gasteiger partial charge >= 0.3 is 0 Å². The quantitative estimate of drug-likeness (QED) is 0.680. The lowest BCUT2D eigenvalue weighted by atomic mass is 10.1. The normalized spacial score (nSPS) is 10.9. The highest BCUT2D eigenvalue weighted by Crippen LogP contribution is 2.17. The smallest absolute Gasteiger partial charge is 0.261 e. The Balaban J connectivity index is 2.20. The van der Waals surface area contributed by atoms with Crippen molar-refractivity contribution in [2.75, 3.05) is 18.0 Å². The molecule has 0 radical (unpaired) electrons. The van der Waals surface area contributed by atoms with Gasteiger partial charge in [-0.25, -0.2) is 0 Å². The summed E-state index contributed by atoms with van der Waals surface area (Å²) in [7, 11) is 0. The maximum absolute atomic E-state index is 12.8. The molecule has 0 aliphatic rings. The van der Waals surface area contributed by atoms with Crippen LogP contribution < -0.4 is 15.5 Å². The van der Waals surface area contributed by atoms with E-state index in [4.69, 9.17) is 0 Å². The molecular weight excluding hydrogens is 390 g/mol. The van der Waals surface area contributed by atoms with E-state index >= 15 is 0 Å². The minimum absolute atomic E-state index is 0.149. The molecule has 8 heteroatoms. The van der Waals surface area contributed by atoms with Gasteiger partial charge in [0.2, 0.25) is 11.8 Å². The van der Waals surface area contributed by atoms with Crippen LogP contribution in [-0.2, 0) is 9.59 Å². The van der Waals surface area contributed by atoms with Crippen molar-refractivity contribution >= 4 is 40.5 Å².